The lowest BCUT2D eigenvalue weighted by molar-refractivity contribution is -0.384. The number of hydrogen-bond donors (Lipinski definition) is 1. The summed E-state index contributed by atoms with van der Waals surface area (Å²) in [6.45, 7) is 0.294. The molecule has 2 rings (SSSR count). The third kappa shape index (κ3) is 3.66. The molecule has 2 aromatic rings. The molecule has 0 unspecified atom stereocenters. The minimum absolute atomic E-state index is 0.0525. The number of para-hydroxylation sites is 1. The number of nitrogens with zero attached hydrogens (tertiary/aromatic N) is 1. The molecule has 2 aromatic carbocycles. The van der Waals surface area contributed by atoms with Gasteiger partial charge in [-0.2, -0.15) is 0 Å². The van der Waals surface area contributed by atoms with Crippen LogP contribution in [-0.4, -0.2) is 18.2 Å². The SMILES string of the molecule is CNc1ccc(COc2ccccc2SC)cc1[N+](=O)[O-]. The van der Waals surface area contributed by atoms with Gasteiger partial charge in [-0.25, -0.2) is 0 Å². The van der Waals surface area contributed by atoms with Crippen LogP contribution in [0, 0.1) is 10.1 Å². The summed E-state index contributed by atoms with van der Waals surface area (Å²) in [6.07, 6.45) is 1.98. The molecular formula is C15H16N2O3S. The largest absolute Gasteiger partial charge is 0.488 e. The molecule has 0 amide bonds. The molecule has 0 fully saturated rings. The van der Waals surface area contributed by atoms with Crippen molar-refractivity contribution >= 4 is 23.1 Å². The molecular weight excluding hydrogens is 288 g/mol. The number of nitro groups is 1. The Labute approximate surface area is 127 Å². The number of ether oxygens (including phenoxy) is 1. The van der Waals surface area contributed by atoms with E-state index in [9.17, 15) is 10.1 Å². The van der Waals surface area contributed by atoms with Crippen LogP contribution >= 0.6 is 11.8 Å². The molecule has 6 heteroatoms. The van der Waals surface area contributed by atoms with Crippen LogP contribution < -0.4 is 10.1 Å². The van der Waals surface area contributed by atoms with E-state index in [1.807, 2.05) is 36.6 Å². The van der Waals surface area contributed by atoms with Gasteiger partial charge in [-0.05, 0) is 30.0 Å². The smallest absolute Gasteiger partial charge is 0.292 e. The van der Waals surface area contributed by atoms with Crippen LogP contribution in [0.25, 0.3) is 0 Å². The van der Waals surface area contributed by atoms with Gasteiger partial charge in [-0.3, -0.25) is 10.1 Å². The van der Waals surface area contributed by atoms with Gasteiger partial charge in [-0.1, -0.05) is 18.2 Å². The number of nitro benzene ring substituents is 1. The van der Waals surface area contributed by atoms with E-state index in [0.29, 0.717) is 12.3 Å². The normalized spacial score (nSPS) is 10.2. The highest BCUT2D eigenvalue weighted by Crippen LogP contribution is 2.29. The van der Waals surface area contributed by atoms with E-state index < -0.39 is 4.92 Å². The molecule has 1 N–H and O–H groups in total. The molecule has 0 saturated carbocycles. The highest BCUT2D eigenvalue weighted by Gasteiger charge is 2.13. The van der Waals surface area contributed by atoms with Gasteiger partial charge < -0.3 is 10.1 Å². The number of rotatable bonds is 6. The van der Waals surface area contributed by atoms with Crippen LogP contribution in [0.15, 0.2) is 47.4 Å². The van der Waals surface area contributed by atoms with E-state index in [0.717, 1.165) is 16.2 Å². The third-order valence-electron chi connectivity index (χ3n) is 2.99. The Kier molecular flexibility index (Phi) is 5.05. The second-order valence-corrected chi connectivity index (χ2v) is 5.15. The van der Waals surface area contributed by atoms with Gasteiger partial charge in [0.2, 0.25) is 0 Å². The highest BCUT2D eigenvalue weighted by molar-refractivity contribution is 7.98. The first-order valence-corrected chi connectivity index (χ1v) is 7.59. The maximum absolute atomic E-state index is 11.0. The average Bonchev–Trinajstić information content (AvgIpc) is 2.52. The Bertz CT molecular complexity index is 647. The first kappa shape index (κ1) is 15.2. The zero-order valence-electron chi connectivity index (χ0n) is 11.8. The Morgan fingerprint density at radius 2 is 2.05 bits per heavy atom. The molecule has 0 spiro atoms. The predicted octanol–water partition coefficient (Wildman–Crippen LogP) is 3.94. The van der Waals surface area contributed by atoms with E-state index in [4.69, 9.17) is 4.74 Å². The van der Waals surface area contributed by atoms with E-state index in [1.54, 1.807) is 24.9 Å². The fourth-order valence-corrected chi connectivity index (χ4v) is 2.47. The molecule has 21 heavy (non-hydrogen) atoms. The summed E-state index contributed by atoms with van der Waals surface area (Å²) in [7, 11) is 1.66. The fourth-order valence-electron chi connectivity index (χ4n) is 1.93. The molecule has 5 nitrogen and oxygen atoms in total. The van der Waals surface area contributed by atoms with Gasteiger partial charge in [0.05, 0.1) is 4.92 Å². The minimum atomic E-state index is -0.398. The summed E-state index contributed by atoms with van der Waals surface area (Å²) in [5, 5.41) is 13.8. The highest BCUT2D eigenvalue weighted by atomic mass is 32.2. The van der Waals surface area contributed by atoms with E-state index >= 15 is 0 Å². The minimum Gasteiger partial charge on any atom is -0.488 e. The first-order chi connectivity index (χ1) is 10.2. The number of thioether (sulfide) groups is 1. The fraction of sp³-hybridized carbons (Fsp3) is 0.200. The molecule has 0 aliphatic rings. The summed E-state index contributed by atoms with van der Waals surface area (Å²) in [5.74, 6) is 0.783. The van der Waals surface area contributed by atoms with Gasteiger partial charge >= 0.3 is 0 Å². The summed E-state index contributed by atoms with van der Waals surface area (Å²) >= 11 is 1.60. The van der Waals surface area contributed by atoms with Gasteiger partial charge in [0.25, 0.3) is 5.69 Å². The zero-order valence-corrected chi connectivity index (χ0v) is 12.6. The van der Waals surface area contributed by atoms with Crippen molar-refractivity contribution in [3.8, 4) is 5.75 Å². The van der Waals surface area contributed by atoms with Gasteiger partial charge in [0.15, 0.2) is 0 Å². The first-order valence-electron chi connectivity index (χ1n) is 6.36. The Morgan fingerprint density at radius 1 is 1.29 bits per heavy atom. The van der Waals surface area contributed by atoms with Crippen LogP contribution in [0.4, 0.5) is 11.4 Å². The lowest BCUT2D eigenvalue weighted by atomic mass is 10.2. The molecule has 110 valence electrons. The molecule has 0 aliphatic carbocycles. The maximum Gasteiger partial charge on any atom is 0.292 e. The lowest BCUT2D eigenvalue weighted by Gasteiger charge is -2.10. The number of hydrogen-bond acceptors (Lipinski definition) is 5. The molecule has 0 heterocycles. The quantitative estimate of drug-likeness (QED) is 0.497. The average molecular weight is 304 g/mol. The van der Waals surface area contributed by atoms with Gasteiger partial charge in [0, 0.05) is 18.0 Å². The Balaban J connectivity index is 2.17. The van der Waals surface area contributed by atoms with Crippen LogP contribution in [0.2, 0.25) is 0 Å². The topological polar surface area (TPSA) is 64.4 Å². The zero-order chi connectivity index (χ0) is 15.2. The number of anilines is 1. The molecule has 0 aliphatic heterocycles. The second kappa shape index (κ2) is 6.99. The van der Waals surface area contributed by atoms with E-state index in [1.165, 1.54) is 6.07 Å². The van der Waals surface area contributed by atoms with Crippen molar-refractivity contribution in [2.24, 2.45) is 0 Å². The van der Waals surface area contributed by atoms with Crippen LogP contribution in [0.5, 0.6) is 5.75 Å². The van der Waals surface area contributed by atoms with E-state index in [-0.39, 0.29) is 5.69 Å². The Hall–Kier alpha value is -2.21. The van der Waals surface area contributed by atoms with Crippen molar-refractivity contribution in [1.29, 1.82) is 0 Å². The molecule has 0 bridgehead atoms. The standard InChI is InChI=1S/C15H16N2O3S/c1-16-12-8-7-11(9-13(12)17(18)19)10-20-14-5-3-4-6-15(14)21-2/h3-9,16H,10H2,1-2H3. The van der Waals surface area contributed by atoms with Crippen molar-refractivity contribution in [3.63, 3.8) is 0 Å². The third-order valence-corrected chi connectivity index (χ3v) is 3.77. The lowest BCUT2D eigenvalue weighted by Crippen LogP contribution is -2.01. The number of benzene rings is 2. The molecule has 0 aromatic heterocycles. The predicted molar refractivity (Wildman–Crippen MR) is 85.2 cm³/mol. The summed E-state index contributed by atoms with van der Waals surface area (Å²) in [5.41, 5.74) is 1.31. The van der Waals surface area contributed by atoms with Crippen molar-refractivity contribution in [3.05, 3.63) is 58.1 Å². The Morgan fingerprint density at radius 3 is 2.71 bits per heavy atom. The molecule has 0 atom stereocenters. The van der Waals surface area contributed by atoms with Crippen molar-refractivity contribution in [1.82, 2.24) is 0 Å². The maximum atomic E-state index is 11.0. The van der Waals surface area contributed by atoms with Crippen LogP contribution in [0.1, 0.15) is 5.56 Å². The van der Waals surface area contributed by atoms with E-state index in [2.05, 4.69) is 5.32 Å². The van der Waals surface area contributed by atoms with Crippen molar-refractivity contribution in [2.45, 2.75) is 11.5 Å². The number of nitrogens with one attached hydrogen (secondary N) is 1. The van der Waals surface area contributed by atoms with Crippen LogP contribution in [-0.2, 0) is 6.61 Å². The van der Waals surface area contributed by atoms with Crippen LogP contribution in [0.3, 0.4) is 0 Å². The summed E-state index contributed by atoms with van der Waals surface area (Å²) < 4.78 is 5.76. The molecule has 0 saturated heterocycles. The molecule has 0 radical (unpaired) electrons. The van der Waals surface area contributed by atoms with Gasteiger partial charge in [0.1, 0.15) is 18.0 Å². The second-order valence-electron chi connectivity index (χ2n) is 4.30. The van der Waals surface area contributed by atoms with Crippen molar-refractivity contribution in [2.75, 3.05) is 18.6 Å². The summed E-state index contributed by atoms with van der Waals surface area (Å²) in [6, 6.07) is 12.8. The summed E-state index contributed by atoms with van der Waals surface area (Å²) in [4.78, 5) is 11.7. The van der Waals surface area contributed by atoms with Gasteiger partial charge in [-0.15, -0.1) is 11.8 Å². The monoisotopic (exact) mass is 304 g/mol. The van der Waals surface area contributed by atoms with Crippen molar-refractivity contribution < 1.29 is 9.66 Å².